The van der Waals surface area contributed by atoms with Crippen LogP contribution in [0.25, 0.3) is 12.2 Å². The Balaban J connectivity index is 1.46. The summed E-state index contributed by atoms with van der Waals surface area (Å²) < 4.78 is 6.73. The van der Waals surface area contributed by atoms with E-state index in [2.05, 4.69) is 146 Å². The van der Waals surface area contributed by atoms with Gasteiger partial charge in [0.05, 0.1) is 0 Å². The Morgan fingerprint density at radius 2 is 0.784 bits per heavy atom. The van der Waals surface area contributed by atoms with Gasteiger partial charge in [-0.05, 0) is 35.1 Å². The van der Waals surface area contributed by atoms with E-state index in [1.807, 2.05) is 24.3 Å². The summed E-state index contributed by atoms with van der Waals surface area (Å²) in [7, 11) is 0. The van der Waals surface area contributed by atoms with E-state index in [1.54, 1.807) is 0 Å². The maximum atomic E-state index is 6.73. The molecule has 2 unspecified atom stereocenters. The van der Waals surface area contributed by atoms with Gasteiger partial charge in [-0.3, -0.25) is 0 Å². The second kappa shape index (κ2) is 15.0. The lowest BCUT2D eigenvalue weighted by Crippen LogP contribution is -2.07. The number of allylic oxidation sites excluding steroid dienone is 4. The van der Waals surface area contributed by atoms with Gasteiger partial charge in [-0.2, -0.15) is 0 Å². The quantitative estimate of drug-likeness (QED) is 0.183. The minimum atomic E-state index is -0.152. The highest BCUT2D eigenvalue weighted by molar-refractivity contribution is 5.49. The molecule has 184 valence electrons. The molecule has 0 N–H and O–H groups in total. The molecule has 4 aromatic rings. The second-order valence-corrected chi connectivity index (χ2v) is 8.75. The normalized spacial score (nSPS) is 13.6. The van der Waals surface area contributed by atoms with Crippen LogP contribution in [0.4, 0.5) is 0 Å². The van der Waals surface area contributed by atoms with E-state index in [9.17, 15) is 0 Å². The zero-order chi connectivity index (χ0) is 25.4. The molecule has 0 spiro atoms. The molecular formula is C36H34O. The van der Waals surface area contributed by atoms with Crippen LogP contribution in [0.5, 0.6) is 0 Å². The van der Waals surface area contributed by atoms with Crippen LogP contribution in [-0.4, -0.2) is 0 Å². The van der Waals surface area contributed by atoms with Crippen LogP contribution in [0.3, 0.4) is 0 Å². The first-order valence-electron chi connectivity index (χ1n) is 12.9. The summed E-state index contributed by atoms with van der Waals surface area (Å²) in [5.41, 5.74) is 4.71. The number of benzene rings is 4. The Kier molecular flexibility index (Phi) is 10.5. The summed E-state index contributed by atoms with van der Waals surface area (Å²) in [5.74, 6) is 0. The molecule has 0 aliphatic rings. The molecule has 1 nitrogen and oxygen atoms in total. The van der Waals surface area contributed by atoms with Gasteiger partial charge < -0.3 is 4.74 Å². The first-order chi connectivity index (χ1) is 18.4. The third-order valence-corrected chi connectivity index (χ3v) is 5.94. The molecule has 0 saturated heterocycles. The molecule has 0 heterocycles. The zero-order valence-corrected chi connectivity index (χ0v) is 21.1. The summed E-state index contributed by atoms with van der Waals surface area (Å²) in [6.45, 7) is 0. The number of hydrogen-bond donors (Lipinski definition) is 0. The second-order valence-electron chi connectivity index (χ2n) is 8.75. The molecule has 4 aromatic carbocycles. The smallest absolute Gasteiger partial charge is 0.102 e. The van der Waals surface area contributed by atoms with Crippen LogP contribution in [0.15, 0.2) is 158 Å². The van der Waals surface area contributed by atoms with Gasteiger partial charge in [-0.15, -0.1) is 0 Å². The minimum Gasteiger partial charge on any atom is -0.357 e. The molecule has 0 saturated carbocycles. The van der Waals surface area contributed by atoms with Crippen molar-refractivity contribution in [1.29, 1.82) is 0 Å². The predicted octanol–water partition coefficient (Wildman–Crippen LogP) is 9.80. The van der Waals surface area contributed by atoms with E-state index in [0.717, 1.165) is 24.0 Å². The maximum Gasteiger partial charge on any atom is 0.102 e. The molecule has 2 atom stereocenters. The van der Waals surface area contributed by atoms with Gasteiger partial charge in [0.15, 0.2) is 0 Å². The van der Waals surface area contributed by atoms with Gasteiger partial charge in [0.1, 0.15) is 12.2 Å². The van der Waals surface area contributed by atoms with E-state index in [0.29, 0.717) is 0 Å². The highest BCUT2D eigenvalue weighted by atomic mass is 16.5. The molecule has 0 aliphatic carbocycles. The predicted molar refractivity (Wildman–Crippen MR) is 158 cm³/mol. The van der Waals surface area contributed by atoms with Gasteiger partial charge in [-0.1, -0.05) is 170 Å². The Bertz CT molecular complexity index is 1170. The van der Waals surface area contributed by atoms with Gasteiger partial charge in [0.25, 0.3) is 0 Å². The van der Waals surface area contributed by atoms with E-state index in [1.165, 1.54) is 11.1 Å². The zero-order valence-electron chi connectivity index (χ0n) is 21.1. The molecule has 1 heteroatoms. The van der Waals surface area contributed by atoms with Crippen molar-refractivity contribution >= 4 is 12.2 Å². The molecule has 0 amide bonds. The molecule has 0 radical (unpaired) electrons. The Labute approximate surface area is 221 Å². The minimum absolute atomic E-state index is 0.152. The van der Waals surface area contributed by atoms with Crippen molar-refractivity contribution in [2.75, 3.05) is 0 Å². The van der Waals surface area contributed by atoms with Crippen LogP contribution < -0.4 is 0 Å². The fraction of sp³-hybridized carbons (Fsp3) is 0.111. The number of ether oxygens (including phenoxy) is 1. The lowest BCUT2D eigenvalue weighted by Gasteiger charge is -2.22. The van der Waals surface area contributed by atoms with Gasteiger partial charge >= 0.3 is 0 Å². The molecule has 0 bridgehead atoms. The molecule has 0 aromatic heterocycles. The largest absolute Gasteiger partial charge is 0.357 e. The highest BCUT2D eigenvalue weighted by Gasteiger charge is 2.15. The lowest BCUT2D eigenvalue weighted by molar-refractivity contribution is 0.0396. The summed E-state index contributed by atoms with van der Waals surface area (Å²) in [6.07, 6.45) is 18.8. The monoisotopic (exact) mass is 482 g/mol. The number of hydrogen-bond acceptors (Lipinski definition) is 1. The summed E-state index contributed by atoms with van der Waals surface area (Å²) in [5, 5.41) is 0. The lowest BCUT2D eigenvalue weighted by atomic mass is 10.1. The fourth-order valence-electron chi connectivity index (χ4n) is 4.01. The summed E-state index contributed by atoms with van der Waals surface area (Å²) in [6, 6.07) is 41.6. The Hall–Kier alpha value is -4.20. The van der Waals surface area contributed by atoms with Crippen molar-refractivity contribution in [3.63, 3.8) is 0 Å². The third-order valence-electron chi connectivity index (χ3n) is 5.94. The van der Waals surface area contributed by atoms with Crippen LogP contribution in [0.2, 0.25) is 0 Å². The average molecular weight is 483 g/mol. The standard InChI is InChI=1S/C36H34O/c1-7-19-31(20-8-1)23-11-3-17-29-35(33-25-13-5-14-26-33)37-36(34-27-15-6-16-28-34)30-18-4-12-24-32-21-9-2-10-22-32/h1-2,5-30,35-36H,3-4H2. The van der Waals surface area contributed by atoms with Crippen LogP contribution >= 0.6 is 0 Å². The van der Waals surface area contributed by atoms with Crippen molar-refractivity contribution in [2.45, 2.75) is 25.0 Å². The van der Waals surface area contributed by atoms with Crippen molar-refractivity contribution in [2.24, 2.45) is 0 Å². The van der Waals surface area contributed by atoms with E-state index in [4.69, 9.17) is 4.74 Å². The Morgan fingerprint density at radius 1 is 0.432 bits per heavy atom. The first-order valence-corrected chi connectivity index (χ1v) is 12.9. The molecular weight excluding hydrogens is 448 g/mol. The maximum absolute atomic E-state index is 6.73. The van der Waals surface area contributed by atoms with Crippen molar-refractivity contribution in [3.8, 4) is 0 Å². The van der Waals surface area contributed by atoms with Crippen LogP contribution in [0, 0.1) is 0 Å². The summed E-state index contributed by atoms with van der Waals surface area (Å²) in [4.78, 5) is 0. The van der Waals surface area contributed by atoms with Gasteiger partial charge in [0.2, 0.25) is 0 Å². The van der Waals surface area contributed by atoms with Gasteiger partial charge in [-0.25, -0.2) is 0 Å². The van der Waals surface area contributed by atoms with Crippen molar-refractivity contribution in [3.05, 3.63) is 180 Å². The summed E-state index contributed by atoms with van der Waals surface area (Å²) >= 11 is 0. The third kappa shape index (κ3) is 9.07. The highest BCUT2D eigenvalue weighted by Crippen LogP contribution is 2.29. The molecule has 0 fully saturated rings. The number of rotatable bonds is 12. The SMILES string of the molecule is C(=Cc1ccccc1)CC=CC(OC(C=CCC=Cc1ccccc1)c1ccccc1)c1ccccc1. The molecule has 4 rings (SSSR count). The van der Waals surface area contributed by atoms with E-state index < -0.39 is 0 Å². The molecule has 37 heavy (non-hydrogen) atoms. The van der Waals surface area contributed by atoms with Crippen LogP contribution in [0.1, 0.15) is 47.3 Å². The van der Waals surface area contributed by atoms with E-state index >= 15 is 0 Å². The van der Waals surface area contributed by atoms with Crippen molar-refractivity contribution < 1.29 is 4.74 Å². The average Bonchev–Trinajstić information content (AvgIpc) is 2.97. The van der Waals surface area contributed by atoms with Crippen molar-refractivity contribution in [1.82, 2.24) is 0 Å². The topological polar surface area (TPSA) is 9.23 Å². The van der Waals surface area contributed by atoms with E-state index in [-0.39, 0.29) is 12.2 Å². The first kappa shape index (κ1) is 25.9. The van der Waals surface area contributed by atoms with Gasteiger partial charge in [0, 0.05) is 0 Å². The Morgan fingerprint density at radius 3 is 1.16 bits per heavy atom. The molecule has 0 aliphatic heterocycles. The fourth-order valence-corrected chi connectivity index (χ4v) is 4.01. The van der Waals surface area contributed by atoms with Crippen LogP contribution in [-0.2, 0) is 4.74 Å².